The summed E-state index contributed by atoms with van der Waals surface area (Å²) in [5.74, 6) is 0.288. The lowest BCUT2D eigenvalue weighted by molar-refractivity contribution is -0.184. The van der Waals surface area contributed by atoms with Gasteiger partial charge in [-0.3, -0.25) is 14.5 Å². The van der Waals surface area contributed by atoms with Crippen LogP contribution in [0.1, 0.15) is 152 Å². The van der Waals surface area contributed by atoms with Crippen molar-refractivity contribution < 1.29 is 38.2 Å². The number of rotatable bonds is 18. The monoisotopic (exact) mass is 725 g/mol. The van der Waals surface area contributed by atoms with Gasteiger partial charge in [0, 0.05) is 56.5 Å². The number of likely N-dealkylation sites (tertiary alicyclic amines) is 1. The molecule has 2 heterocycles. The summed E-state index contributed by atoms with van der Waals surface area (Å²) in [4.78, 5) is 57.5. The van der Waals surface area contributed by atoms with Gasteiger partial charge in [-0.25, -0.2) is 9.59 Å². The molecule has 3 atom stereocenters. The van der Waals surface area contributed by atoms with E-state index in [0.29, 0.717) is 70.7 Å². The Morgan fingerprint density at radius 2 is 1.35 bits per heavy atom. The lowest BCUT2D eigenvalue weighted by Gasteiger charge is -2.56. The summed E-state index contributed by atoms with van der Waals surface area (Å²) in [6.45, 7) is 22.4. The molecule has 0 aromatic carbocycles. The largest absolute Gasteiger partial charge is 0.469 e. The van der Waals surface area contributed by atoms with Crippen molar-refractivity contribution in [3.05, 3.63) is 0 Å². The molecular weight excluding hydrogens is 652 g/mol. The van der Waals surface area contributed by atoms with Gasteiger partial charge >= 0.3 is 24.1 Å². The van der Waals surface area contributed by atoms with Crippen LogP contribution in [0.15, 0.2) is 0 Å². The summed E-state index contributed by atoms with van der Waals surface area (Å²) >= 11 is 0. The molecule has 2 aliphatic rings. The maximum Gasteiger partial charge on any atom is 0.426 e. The first-order chi connectivity index (χ1) is 23.8. The zero-order valence-electron chi connectivity index (χ0n) is 33.8. The second kappa shape index (κ2) is 20.6. The number of hydroxylamine groups is 2. The molecule has 0 spiro atoms. The van der Waals surface area contributed by atoms with Crippen molar-refractivity contribution in [2.24, 2.45) is 11.3 Å². The Balaban J connectivity index is 1.70. The molecule has 2 saturated heterocycles. The number of nitrogens with zero attached hydrogens (tertiary/aromatic N) is 2. The number of alkyl carbamates (subject to hydrolysis) is 1. The van der Waals surface area contributed by atoms with Crippen LogP contribution in [0, 0.1) is 11.3 Å². The molecule has 2 N–H and O–H groups in total. The van der Waals surface area contributed by atoms with Crippen LogP contribution < -0.4 is 10.6 Å². The van der Waals surface area contributed by atoms with Gasteiger partial charge in [-0.15, -0.1) is 5.06 Å². The molecule has 0 radical (unpaired) electrons. The number of amides is 2. The van der Waals surface area contributed by atoms with Crippen LogP contribution in [-0.2, 0) is 28.6 Å². The molecule has 12 nitrogen and oxygen atoms in total. The fraction of sp³-hybridized carbons (Fsp3) is 0.897. The number of nitrogens with one attached hydrogen (secondary N) is 2. The van der Waals surface area contributed by atoms with Gasteiger partial charge in [0.05, 0.1) is 12.6 Å². The van der Waals surface area contributed by atoms with Crippen LogP contribution in [0.4, 0.5) is 9.59 Å². The van der Waals surface area contributed by atoms with Crippen molar-refractivity contribution >= 4 is 24.1 Å². The van der Waals surface area contributed by atoms with Crippen molar-refractivity contribution in [3.8, 4) is 0 Å². The molecule has 0 aromatic rings. The molecule has 0 aromatic heterocycles. The Labute approximate surface area is 308 Å². The molecule has 0 aliphatic carbocycles. The minimum absolute atomic E-state index is 0.0774. The molecule has 51 heavy (non-hydrogen) atoms. The number of esters is 2. The molecule has 2 aliphatic heterocycles. The van der Waals surface area contributed by atoms with Gasteiger partial charge in [0.25, 0.3) is 0 Å². The Kier molecular flexibility index (Phi) is 18.0. The van der Waals surface area contributed by atoms with Gasteiger partial charge in [-0.2, -0.15) is 0 Å². The summed E-state index contributed by atoms with van der Waals surface area (Å²) in [6.07, 6.45) is 9.22. The Bertz CT molecular complexity index is 1110. The number of ether oxygens (including phenoxy) is 3. The summed E-state index contributed by atoms with van der Waals surface area (Å²) in [5.41, 5.74) is -0.501. The average molecular weight is 725 g/mol. The third-order valence-electron chi connectivity index (χ3n) is 10.9. The van der Waals surface area contributed by atoms with Gasteiger partial charge in [-0.05, 0) is 104 Å². The van der Waals surface area contributed by atoms with Crippen LogP contribution in [0.2, 0.25) is 0 Å². The Morgan fingerprint density at radius 1 is 0.745 bits per heavy atom. The van der Waals surface area contributed by atoms with Gasteiger partial charge in [0.2, 0.25) is 0 Å². The normalized spacial score (nSPS) is 24.7. The molecule has 296 valence electrons. The smallest absolute Gasteiger partial charge is 0.426 e. The van der Waals surface area contributed by atoms with Crippen LogP contribution in [0.5, 0.6) is 0 Å². The van der Waals surface area contributed by atoms with E-state index < -0.39 is 17.7 Å². The Hall–Kier alpha value is -2.60. The van der Waals surface area contributed by atoms with Gasteiger partial charge in [-0.1, -0.05) is 40.5 Å². The lowest BCUT2D eigenvalue weighted by Crippen LogP contribution is -2.62. The van der Waals surface area contributed by atoms with Crippen molar-refractivity contribution in [2.75, 3.05) is 39.9 Å². The predicted octanol–water partition coefficient (Wildman–Crippen LogP) is 7.53. The first kappa shape index (κ1) is 44.6. The fourth-order valence-electron chi connectivity index (χ4n) is 8.22. The predicted molar refractivity (Wildman–Crippen MR) is 199 cm³/mol. The number of methoxy groups -OCH3 is 1. The maximum atomic E-state index is 12.8. The highest BCUT2D eigenvalue weighted by molar-refractivity contribution is 5.69. The summed E-state index contributed by atoms with van der Waals surface area (Å²) in [7, 11) is 1.38. The zero-order chi connectivity index (χ0) is 38.3. The minimum atomic E-state index is -0.563. The highest BCUT2D eigenvalue weighted by atomic mass is 16.7. The average Bonchev–Trinajstić information content (AvgIpc) is 3.02. The van der Waals surface area contributed by atoms with Gasteiger partial charge in [0.15, 0.2) is 0 Å². The van der Waals surface area contributed by atoms with E-state index in [1.807, 2.05) is 13.8 Å². The van der Waals surface area contributed by atoms with Gasteiger partial charge < -0.3 is 29.7 Å². The first-order valence-corrected chi connectivity index (χ1v) is 19.5. The SMILES string of the molecule is CCC1(C)CC(C)CC(C)(C)N1CCOC(=O)CCCCCNC(=O)OC1CC(C)(C)CCN(OC(=O)NCCCCCC(=O)OC)C(C)(C)C1. The molecule has 3 unspecified atom stereocenters. The second-order valence-electron chi connectivity index (χ2n) is 17.2. The minimum Gasteiger partial charge on any atom is -0.469 e. The fourth-order valence-corrected chi connectivity index (χ4v) is 8.22. The highest BCUT2D eigenvalue weighted by Crippen LogP contribution is 2.43. The van der Waals surface area contributed by atoms with E-state index in [4.69, 9.17) is 14.3 Å². The zero-order valence-corrected chi connectivity index (χ0v) is 33.8. The summed E-state index contributed by atoms with van der Waals surface area (Å²) in [5, 5.41) is 7.38. The van der Waals surface area contributed by atoms with Crippen LogP contribution >= 0.6 is 0 Å². The number of carbonyl (C=O) groups excluding carboxylic acids is 4. The number of hydrogen-bond acceptors (Lipinski definition) is 10. The number of piperidine rings is 1. The molecular formula is C39H72N4O8. The third-order valence-corrected chi connectivity index (χ3v) is 10.9. The molecule has 12 heteroatoms. The van der Waals surface area contributed by atoms with E-state index in [0.717, 1.165) is 57.9 Å². The van der Waals surface area contributed by atoms with Crippen LogP contribution in [-0.4, -0.2) is 96.7 Å². The number of carbonyl (C=O) groups is 4. The standard InChI is InChI=1S/C39H72N4O8/c1-11-39(9)27-30(2)26-37(5,6)42(39)24-25-49-33(45)19-15-13-16-21-40-34(46)50-31-28-36(3,4)20-23-43(38(7,8)29-31)51-35(47)41-22-17-12-14-18-32(44)48-10/h30-31H,11-29H2,1-10H3,(H,40,46)(H,41,47). The first-order valence-electron chi connectivity index (χ1n) is 19.5. The molecule has 2 fully saturated rings. The van der Waals surface area contributed by atoms with Crippen LogP contribution in [0.25, 0.3) is 0 Å². The Morgan fingerprint density at radius 3 is 1.96 bits per heavy atom. The second-order valence-corrected chi connectivity index (χ2v) is 17.2. The van der Waals surface area contributed by atoms with Crippen molar-refractivity contribution in [2.45, 2.75) is 175 Å². The van der Waals surface area contributed by atoms with Crippen molar-refractivity contribution in [1.82, 2.24) is 20.6 Å². The molecule has 2 amide bonds. The third kappa shape index (κ3) is 15.9. The highest BCUT2D eigenvalue weighted by Gasteiger charge is 2.45. The molecule has 0 bridgehead atoms. The van der Waals surface area contributed by atoms with Gasteiger partial charge in [0.1, 0.15) is 12.7 Å². The van der Waals surface area contributed by atoms with E-state index in [1.165, 1.54) is 7.11 Å². The van der Waals surface area contributed by atoms with E-state index >= 15 is 0 Å². The maximum absolute atomic E-state index is 12.8. The topological polar surface area (TPSA) is 136 Å². The molecule has 2 rings (SSSR count). The van der Waals surface area contributed by atoms with Crippen molar-refractivity contribution in [1.29, 1.82) is 0 Å². The van der Waals surface area contributed by atoms with E-state index in [2.05, 4.69) is 68.7 Å². The van der Waals surface area contributed by atoms with E-state index in [-0.39, 0.29) is 34.5 Å². The summed E-state index contributed by atoms with van der Waals surface area (Å²) in [6, 6.07) is 0. The number of unbranched alkanes of at least 4 members (excludes halogenated alkanes) is 4. The van der Waals surface area contributed by atoms with Crippen molar-refractivity contribution in [3.63, 3.8) is 0 Å². The number of hydrogen-bond donors (Lipinski definition) is 2. The summed E-state index contributed by atoms with van der Waals surface area (Å²) < 4.78 is 16.2. The quantitative estimate of drug-likeness (QED) is 0.0830. The van der Waals surface area contributed by atoms with E-state index in [9.17, 15) is 19.2 Å². The lowest BCUT2D eigenvalue weighted by atomic mass is 9.72. The van der Waals surface area contributed by atoms with E-state index in [1.54, 1.807) is 5.06 Å². The van der Waals surface area contributed by atoms with Crippen LogP contribution in [0.3, 0.4) is 0 Å². The molecule has 0 saturated carbocycles.